The molecule has 5 rings (SSSR count). The molecule has 6 nitrogen and oxygen atoms in total. The van der Waals surface area contributed by atoms with Crippen molar-refractivity contribution in [2.75, 3.05) is 19.7 Å². The fourth-order valence-electron chi connectivity index (χ4n) is 4.71. The Kier molecular flexibility index (Phi) is 7.54. The van der Waals surface area contributed by atoms with Crippen molar-refractivity contribution in [3.8, 4) is 5.75 Å². The molecular weight excluding hydrogens is 462 g/mol. The first kappa shape index (κ1) is 24.6. The van der Waals surface area contributed by atoms with E-state index in [2.05, 4.69) is 17.1 Å². The molecule has 3 aromatic carbocycles. The number of para-hydroxylation sites is 1. The molecule has 1 aromatic heterocycles. The summed E-state index contributed by atoms with van der Waals surface area (Å²) in [6.45, 7) is 3.70. The first-order valence-corrected chi connectivity index (χ1v) is 13.0. The Morgan fingerprint density at radius 1 is 0.946 bits per heavy atom. The van der Waals surface area contributed by atoms with E-state index in [4.69, 9.17) is 4.74 Å². The number of nitrogens with one attached hydrogen (secondary N) is 1. The van der Waals surface area contributed by atoms with E-state index >= 15 is 0 Å². The number of fused-ring (bicyclic) bond motifs is 1. The molecule has 0 saturated heterocycles. The highest BCUT2D eigenvalue weighted by molar-refractivity contribution is 5.97. The van der Waals surface area contributed by atoms with E-state index in [0.717, 1.165) is 36.1 Å². The lowest BCUT2D eigenvalue weighted by molar-refractivity contribution is -0.132. The summed E-state index contributed by atoms with van der Waals surface area (Å²) in [5.41, 5.74) is 3.93. The van der Waals surface area contributed by atoms with Crippen LogP contribution in [-0.2, 0) is 17.8 Å². The van der Waals surface area contributed by atoms with Crippen LogP contribution in [0.4, 0.5) is 0 Å². The van der Waals surface area contributed by atoms with Crippen molar-refractivity contribution >= 4 is 22.7 Å². The maximum atomic E-state index is 13.7. The molecule has 0 bridgehead atoms. The SMILES string of the molecule is CCOc1ccc(CN(CCc2c[nH]c3ccccc23)C(=O)CN(C(=O)c2ccccc2)C2CC2)cc1. The van der Waals surface area contributed by atoms with Crippen LogP contribution < -0.4 is 4.74 Å². The molecule has 1 N–H and O–H groups in total. The van der Waals surface area contributed by atoms with Gasteiger partial charge in [-0.2, -0.15) is 0 Å². The quantitative estimate of drug-likeness (QED) is 0.301. The number of hydrogen-bond acceptors (Lipinski definition) is 3. The summed E-state index contributed by atoms with van der Waals surface area (Å²) >= 11 is 0. The summed E-state index contributed by atoms with van der Waals surface area (Å²) in [4.78, 5) is 34.0. The fraction of sp³-hybridized carbons (Fsp3) is 0.290. The zero-order valence-corrected chi connectivity index (χ0v) is 21.2. The number of aromatic amines is 1. The number of carbonyl (C=O) groups is 2. The molecule has 37 heavy (non-hydrogen) atoms. The number of hydrogen-bond donors (Lipinski definition) is 1. The van der Waals surface area contributed by atoms with Crippen LogP contribution >= 0.6 is 0 Å². The average Bonchev–Trinajstić information content (AvgIpc) is 3.70. The predicted octanol–water partition coefficient (Wildman–Crippen LogP) is 5.44. The molecule has 1 fully saturated rings. The van der Waals surface area contributed by atoms with Crippen LogP contribution in [0.3, 0.4) is 0 Å². The maximum absolute atomic E-state index is 13.7. The summed E-state index contributed by atoms with van der Waals surface area (Å²) in [7, 11) is 0. The normalized spacial score (nSPS) is 12.9. The third-order valence-electron chi connectivity index (χ3n) is 6.86. The van der Waals surface area contributed by atoms with Crippen molar-refractivity contribution in [3.63, 3.8) is 0 Å². The van der Waals surface area contributed by atoms with E-state index in [1.807, 2.05) is 84.8 Å². The number of rotatable bonds is 11. The van der Waals surface area contributed by atoms with Gasteiger partial charge in [-0.05, 0) is 67.6 Å². The van der Waals surface area contributed by atoms with Crippen LogP contribution in [-0.4, -0.2) is 52.3 Å². The second-order valence-electron chi connectivity index (χ2n) is 9.53. The van der Waals surface area contributed by atoms with Gasteiger partial charge in [0.15, 0.2) is 0 Å². The molecule has 1 heterocycles. The third kappa shape index (κ3) is 6.02. The largest absolute Gasteiger partial charge is 0.494 e. The number of ether oxygens (including phenoxy) is 1. The van der Waals surface area contributed by atoms with Gasteiger partial charge in [0.05, 0.1) is 6.61 Å². The van der Waals surface area contributed by atoms with Crippen LogP contribution in [0.2, 0.25) is 0 Å². The number of aromatic nitrogens is 1. The van der Waals surface area contributed by atoms with E-state index in [9.17, 15) is 9.59 Å². The van der Waals surface area contributed by atoms with E-state index in [1.54, 1.807) is 4.90 Å². The number of H-pyrrole nitrogens is 1. The van der Waals surface area contributed by atoms with Crippen LogP contribution in [0.5, 0.6) is 5.75 Å². The molecule has 0 atom stereocenters. The summed E-state index contributed by atoms with van der Waals surface area (Å²) in [6, 6.07) is 25.5. The molecular formula is C31H33N3O3. The summed E-state index contributed by atoms with van der Waals surface area (Å²) in [5, 5.41) is 1.18. The summed E-state index contributed by atoms with van der Waals surface area (Å²) in [6.07, 6.45) is 4.64. The lowest BCUT2D eigenvalue weighted by Gasteiger charge is -2.28. The Balaban J connectivity index is 1.34. The number of benzene rings is 3. The Labute approximate surface area is 217 Å². The summed E-state index contributed by atoms with van der Waals surface area (Å²) < 4.78 is 5.58. The van der Waals surface area contributed by atoms with Gasteiger partial charge >= 0.3 is 0 Å². The predicted molar refractivity (Wildman–Crippen MR) is 146 cm³/mol. The van der Waals surface area contributed by atoms with Gasteiger partial charge in [0.25, 0.3) is 5.91 Å². The number of carbonyl (C=O) groups excluding carboxylic acids is 2. The highest BCUT2D eigenvalue weighted by Gasteiger charge is 2.35. The molecule has 190 valence electrons. The third-order valence-corrected chi connectivity index (χ3v) is 6.86. The molecule has 2 amide bonds. The zero-order chi connectivity index (χ0) is 25.6. The first-order chi connectivity index (χ1) is 18.1. The van der Waals surface area contributed by atoms with Gasteiger partial charge in [-0.1, -0.05) is 48.5 Å². The highest BCUT2D eigenvalue weighted by Crippen LogP contribution is 2.28. The molecule has 4 aromatic rings. The van der Waals surface area contributed by atoms with E-state index in [0.29, 0.717) is 25.3 Å². The van der Waals surface area contributed by atoms with Crippen LogP contribution in [0.1, 0.15) is 41.3 Å². The summed E-state index contributed by atoms with van der Waals surface area (Å²) in [5.74, 6) is 0.704. The van der Waals surface area contributed by atoms with Gasteiger partial charge in [-0.15, -0.1) is 0 Å². The second kappa shape index (κ2) is 11.3. The lowest BCUT2D eigenvalue weighted by atomic mass is 10.1. The zero-order valence-electron chi connectivity index (χ0n) is 21.2. The van der Waals surface area contributed by atoms with E-state index in [1.165, 1.54) is 10.9 Å². The van der Waals surface area contributed by atoms with Crippen LogP contribution in [0.25, 0.3) is 10.9 Å². The smallest absolute Gasteiger partial charge is 0.254 e. The average molecular weight is 496 g/mol. The Morgan fingerprint density at radius 2 is 1.68 bits per heavy atom. The monoisotopic (exact) mass is 495 g/mol. The Hall–Kier alpha value is -4.06. The molecule has 0 unspecified atom stereocenters. The number of nitrogens with zero attached hydrogens (tertiary/aromatic N) is 2. The van der Waals surface area contributed by atoms with Crippen molar-refractivity contribution in [1.29, 1.82) is 0 Å². The van der Waals surface area contributed by atoms with Crippen molar-refractivity contribution < 1.29 is 14.3 Å². The van der Waals surface area contributed by atoms with Crippen molar-refractivity contribution in [3.05, 3.63) is 102 Å². The van der Waals surface area contributed by atoms with Crippen LogP contribution in [0.15, 0.2) is 85.1 Å². The fourth-order valence-corrected chi connectivity index (χ4v) is 4.71. The maximum Gasteiger partial charge on any atom is 0.254 e. The molecule has 1 saturated carbocycles. The van der Waals surface area contributed by atoms with Gasteiger partial charge in [0.1, 0.15) is 12.3 Å². The molecule has 0 spiro atoms. The Bertz CT molecular complexity index is 1340. The first-order valence-electron chi connectivity index (χ1n) is 13.0. The van der Waals surface area contributed by atoms with E-state index in [-0.39, 0.29) is 24.4 Å². The lowest BCUT2D eigenvalue weighted by Crippen LogP contribution is -2.44. The molecule has 6 heteroatoms. The van der Waals surface area contributed by atoms with E-state index < -0.39 is 0 Å². The molecule has 1 aliphatic rings. The molecule has 0 aliphatic heterocycles. The molecule has 1 aliphatic carbocycles. The second-order valence-corrected chi connectivity index (χ2v) is 9.53. The van der Waals surface area contributed by atoms with Gasteiger partial charge in [0, 0.05) is 41.8 Å². The van der Waals surface area contributed by atoms with Crippen LogP contribution in [0, 0.1) is 0 Å². The topological polar surface area (TPSA) is 65.6 Å². The minimum absolute atomic E-state index is 0.0371. The Morgan fingerprint density at radius 3 is 2.41 bits per heavy atom. The van der Waals surface area contributed by atoms with Crippen molar-refractivity contribution in [1.82, 2.24) is 14.8 Å². The van der Waals surface area contributed by atoms with Crippen molar-refractivity contribution in [2.45, 2.75) is 38.8 Å². The highest BCUT2D eigenvalue weighted by atomic mass is 16.5. The van der Waals surface area contributed by atoms with Gasteiger partial charge in [-0.25, -0.2) is 0 Å². The van der Waals surface area contributed by atoms with Crippen molar-refractivity contribution in [2.24, 2.45) is 0 Å². The van der Waals surface area contributed by atoms with Gasteiger partial charge in [-0.3, -0.25) is 9.59 Å². The van der Waals surface area contributed by atoms with Gasteiger partial charge < -0.3 is 19.5 Å². The minimum Gasteiger partial charge on any atom is -0.494 e. The van der Waals surface area contributed by atoms with Gasteiger partial charge in [0.2, 0.25) is 5.91 Å². The molecule has 0 radical (unpaired) electrons. The number of amides is 2. The standard InChI is InChI=1S/C31H33N3O3/c1-2-37-27-16-12-23(13-17-27)21-33(19-18-25-20-32-29-11-7-6-10-28(25)29)30(35)22-34(26-14-15-26)31(36)24-8-4-3-5-9-24/h3-13,16-17,20,26,32H,2,14-15,18-19,21-22H2,1H3. The minimum atomic E-state index is -0.0749.